The molecule has 0 aliphatic carbocycles. The zero-order valence-corrected chi connectivity index (χ0v) is 19.4. The summed E-state index contributed by atoms with van der Waals surface area (Å²) in [4.78, 5) is 25.9. The Labute approximate surface area is 202 Å². The van der Waals surface area contributed by atoms with Crippen LogP contribution >= 0.6 is 39.1 Å². The van der Waals surface area contributed by atoms with Crippen LogP contribution in [0.25, 0.3) is 6.08 Å². The standard InChI is InChI=1S/C23H15BrCl2N2O4/c24-16-4-2-1-3-15(16)22(29)28-19(9-13-5-8-20-21(10-13)32-12-31-20)23(30)27-14-6-7-17(25)18(26)11-14/h1-11H,12H2,(H,27,30)(H,28,29)/b19-9+. The van der Waals surface area contributed by atoms with Crippen molar-refractivity contribution >= 4 is 62.7 Å². The first-order valence-electron chi connectivity index (χ1n) is 9.34. The van der Waals surface area contributed by atoms with E-state index >= 15 is 0 Å². The van der Waals surface area contributed by atoms with Gasteiger partial charge in [-0.1, -0.05) is 41.4 Å². The summed E-state index contributed by atoms with van der Waals surface area (Å²) in [5.74, 6) is 0.177. The lowest BCUT2D eigenvalue weighted by Gasteiger charge is -2.12. The lowest BCUT2D eigenvalue weighted by Crippen LogP contribution is -2.31. The van der Waals surface area contributed by atoms with Gasteiger partial charge in [-0.3, -0.25) is 9.59 Å². The average molecular weight is 534 g/mol. The van der Waals surface area contributed by atoms with Gasteiger partial charge in [-0.15, -0.1) is 0 Å². The Balaban J connectivity index is 1.65. The maximum Gasteiger partial charge on any atom is 0.272 e. The molecule has 6 nitrogen and oxygen atoms in total. The summed E-state index contributed by atoms with van der Waals surface area (Å²) in [6.07, 6.45) is 1.55. The molecule has 3 aromatic carbocycles. The molecule has 2 N–H and O–H groups in total. The van der Waals surface area contributed by atoms with Crippen molar-refractivity contribution in [2.24, 2.45) is 0 Å². The molecule has 1 aliphatic rings. The number of anilines is 1. The Morgan fingerprint density at radius 3 is 2.50 bits per heavy atom. The molecular formula is C23H15BrCl2N2O4. The van der Waals surface area contributed by atoms with Crippen LogP contribution in [0.3, 0.4) is 0 Å². The van der Waals surface area contributed by atoms with Gasteiger partial charge in [-0.2, -0.15) is 0 Å². The van der Waals surface area contributed by atoms with E-state index in [1.54, 1.807) is 60.7 Å². The number of ether oxygens (including phenoxy) is 2. The van der Waals surface area contributed by atoms with Crippen LogP contribution in [0.1, 0.15) is 15.9 Å². The molecule has 1 heterocycles. The van der Waals surface area contributed by atoms with E-state index in [1.165, 1.54) is 6.07 Å². The van der Waals surface area contributed by atoms with E-state index in [-0.39, 0.29) is 12.5 Å². The number of carbonyl (C=O) groups is 2. The Bertz CT molecular complexity index is 1250. The minimum Gasteiger partial charge on any atom is -0.454 e. The molecule has 0 fully saturated rings. The molecule has 0 aromatic heterocycles. The first-order valence-corrected chi connectivity index (χ1v) is 10.9. The van der Waals surface area contributed by atoms with Crippen molar-refractivity contribution in [3.63, 3.8) is 0 Å². The number of amides is 2. The van der Waals surface area contributed by atoms with Gasteiger partial charge < -0.3 is 20.1 Å². The number of carbonyl (C=O) groups excluding carboxylic acids is 2. The number of hydrogen-bond donors (Lipinski definition) is 2. The Kier molecular flexibility index (Phi) is 6.69. The van der Waals surface area contributed by atoms with Gasteiger partial charge in [0.1, 0.15) is 5.70 Å². The summed E-state index contributed by atoms with van der Waals surface area (Å²) in [5, 5.41) is 6.07. The molecule has 0 bridgehead atoms. The summed E-state index contributed by atoms with van der Waals surface area (Å²) < 4.78 is 11.3. The van der Waals surface area contributed by atoms with Crippen molar-refractivity contribution < 1.29 is 19.1 Å². The third-order valence-electron chi connectivity index (χ3n) is 4.50. The van der Waals surface area contributed by atoms with Gasteiger partial charge >= 0.3 is 0 Å². The summed E-state index contributed by atoms with van der Waals surface area (Å²) >= 11 is 15.3. The van der Waals surface area contributed by atoms with Crippen LogP contribution < -0.4 is 20.1 Å². The van der Waals surface area contributed by atoms with Crippen LogP contribution in [-0.2, 0) is 4.79 Å². The average Bonchev–Trinajstić information content (AvgIpc) is 3.24. The lowest BCUT2D eigenvalue weighted by molar-refractivity contribution is -0.113. The van der Waals surface area contributed by atoms with E-state index in [0.29, 0.717) is 42.8 Å². The molecule has 4 rings (SSSR count). The van der Waals surface area contributed by atoms with E-state index < -0.39 is 11.8 Å². The third-order valence-corrected chi connectivity index (χ3v) is 5.93. The number of fused-ring (bicyclic) bond motifs is 1. The number of rotatable bonds is 5. The van der Waals surface area contributed by atoms with Crippen LogP contribution in [0.2, 0.25) is 10.0 Å². The topological polar surface area (TPSA) is 76.7 Å². The third kappa shape index (κ3) is 5.07. The van der Waals surface area contributed by atoms with E-state index in [9.17, 15) is 9.59 Å². The van der Waals surface area contributed by atoms with Gasteiger partial charge in [0.2, 0.25) is 6.79 Å². The normalized spacial score (nSPS) is 12.4. The number of halogens is 3. The first kappa shape index (κ1) is 22.2. The summed E-state index contributed by atoms with van der Waals surface area (Å²) in [7, 11) is 0. The number of benzene rings is 3. The molecule has 0 radical (unpaired) electrons. The molecule has 1 aliphatic heterocycles. The van der Waals surface area contributed by atoms with Crippen LogP contribution in [0, 0.1) is 0 Å². The summed E-state index contributed by atoms with van der Waals surface area (Å²) in [6.45, 7) is 0.131. The van der Waals surface area contributed by atoms with Gasteiger partial charge in [-0.25, -0.2) is 0 Å². The highest BCUT2D eigenvalue weighted by molar-refractivity contribution is 9.10. The molecule has 162 valence electrons. The van der Waals surface area contributed by atoms with Gasteiger partial charge in [0, 0.05) is 10.2 Å². The minimum atomic E-state index is -0.540. The second-order valence-electron chi connectivity index (χ2n) is 6.69. The van der Waals surface area contributed by atoms with Crippen LogP contribution in [0.15, 0.2) is 70.8 Å². The van der Waals surface area contributed by atoms with Crippen LogP contribution in [0.4, 0.5) is 5.69 Å². The fraction of sp³-hybridized carbons (Fsp3) is 0.0435. The highest BCUT2D eigenvalue weighted by Gasteiger charge is 2.18. The van der Waals surface area contributed by atoms with Crippen molar-refractivity contribution in [2.75, 3.05) is 12.1 Å². The molecule has 0 saturated carbocycles. The highest BCUT2D eigenvalue weighted by atomic mass is 79.9. The molecule has 0 saturated heterocycles. The van der Waals surface area contributed by atoms with Gasteiger partial charge in [-0.05, 0) is 70.0 Å². The fourth-order valence-electron chi connectivity index (χ4n) is 2.94. The molecule has 3 aromatic rings. The molecule has 2 amide bonds. The monoisotopic (exact) mass is 532 g/mol. The largest absolute Gasteiger partial charge is 0.454 e. The van der Waals surface area contributed by atoms with Crippen LogP contribution in [0.5, 0.6) is 11.5 Å². The Morgan fingerprint density at radius 1 is 0.938 bits per heavy atom. The van der Waals surface area contributed by atoms with Gasteiger partial charge in [0.25, 0.3) is 11.8 Å². The SMILES string of the molecule is O=C(Nc1ccc(Cl)c(Cl)c1)/C(=C\c1ccc2c(c1)OCO2)NC(=O)c1ccccc1Br. The smallest absolute Gasteiger partial charge is 0.272 e. The molecule has 0 unspecified atom stereocenters. The van der Waals surface area contributed by atoms with Gasteiger partial charge in [0.15, 0.2) is 11.5 Å². The van der Waals surface area contributed by atoms with Crippen molar-refractivity contribution in [1.82, 2.24) is 5.32 Å². The highest BCUT2D eigenvalue weighted by Crippen LogP contribution is 2.33. The van der Waals surface area contributed by atoms with E-state index in [4.69, 9.17) is 32.7 Å². The minimum absolute atomic E-state index is 0.0238. The molecular weight excluding hydrogens is 519 g/mol. The summed E-state index contributed by atoms with van der Waals surface area (Å²) in [5.41, 5.74) is 1.47. The van der Waals surface area contributed by atoms with E-state index in [2.05, 4.69) is 26.6 Å². The van der Waals surface area contributed by atoms with E-state index in [0.717, 1.165) is 0 Å². The second-order valence-corrected chi connectivity index (χ2v) is 8.36. The zero-order chi connectivity index (χ0) is 22.7. The maximum absolute atomic E-state index is 13.1. The predicted molar refractivity (Wildman–Crippen MR) is 127 cm³/mol. The molecule has 32 heavy (non-hydrogen) atoms. The van der Waals surface area contributed by atoms with Crippen molar-refractivity contribution in [2.45, 2.75) is 0 Å². The molecule has 9 heteroatoms. The van der Waals surface area contributed by atoms with Crippen molar-refractivity contribution in [3.05, 3.63) is 92.0 Å². The van der Waals surface area contributed by atoms with Crippen LogP contribution in [-0.4, -0.2) is 18.6 Å². The Morgan fingerprint density at radius 2 is 1.72 bits per heavy atom. The molecule has 0 atom stereocenters. The maximum atomic E-state index is 13.1. The zero-order valence-electron chi connectivity index (χ0n) is 16.3. The fourth-order valence-corrected chi connectivity index (χ4v) is 3.70. The number of nitrogens with one attached hydrogen (secondary N) is 2. The predicted octanol–water partition coefficient (Wildman–Crippen LogP) is 5.89. The van der Waals surface area contributed by atoms with E-state index in [1.807, 2.05) is 0 Å². The molecule has 0 spiro atoms. The van der Waals surface area contributed by atoms with Crippen molar-refractivity contribution in [3.8, 4) is 11.5 Å². The van der Waals surface area contributed by atoms with Gasteiger partial charge in [0.05, 0.1) is 15.6 Å². The number of hydrogen-bond acceptors (Lipinski definition) is 4. The second kappa shape index (κ2) is 9.65. The lowest BCUT2D eigenvalue weighted by atomic mass is 10.1. The van der Waals surface area contributed by atoms with Crippen molar-refractivity contribution in [1.29, 1.82) is 0 Å². The first-order chi connectivity index (χ1) is 15.4. The summed E-state index contributed by atoms with van der Waals surface area (Å²) in [6, 6.07) is 16.8. The quantitative estimate of drug-likeness (QED) is 0.401. The Hall–Kier alpha value is -3.00.